The number of hydrogen-bond donors (Lipinski definition) is 0. The Morgan fingerprint density at radius 3 is 2.20 bits per heavy atom. The van der Waals surface area contributed by atoms with E-state index in [0.29, 0.717) is 6.54 Å². The van der Waals surface area contributed by atoms with Crippen molar-refractivity contribution in [1.82, 2.24) is 4.90 Å². The van der Waals surface area contributed by atoms with Gasteiger partial charge in [0.05, 0.1) is 0 Å². The number of nitrogens with zero attached hydrogens (tertiary/aromatic N) is 2. The molecule has 0 spiro atoms. The summed E-state index contributed by atoms with van der Waals surface area (Å²) in [6, 6.07) is 24.1. The van der Waals surface area contributed by atoms with Crippen LogP contribution in [0.25, 0.3) is 11.1 Å². The van der Waals surface area contributed by atoms with E-state index in [9.17, 15) is 4.79 Å². The van der Waals surface area contributed by atoms with Crippen molar-refractivity contribution in [2.24, 2.45) is 0 Å². The van der Waals surface area contributed by atoms with Crippen molar-refractivity contribution < 1.29 is 9.36 Å². The van der Waals surface area contributed by atoms with Crippen LogP contribution in [0.3, 0.4) is 0 Å². The number of hydrogen-bond acceptors (Lipinski definition) is 1. The molecule has 1 amide bonds. The Balaban J connectivity index is 1.76. The lowest BCUT2D eigenvalue weighted by atomic mass is 10.1. The Morgan fingerprint density at radius 2 is 1.52 bits per heavy atom. The summed E-state index contributed by atoms with van der Waals surface area (Å²) >= 11 is 0. The molecule has 0 unspecified atom stereocenters. The Hall–Kier alpha value is -2.94. The predicted octanol–water partition coefficient (Wildman–Crippen LogP) is 3.86. The molecule has 2 aromatic carbocycles. The van der Waals surface area contributed by atoms with Crippen molar-refractivity contribution >= 4 is 5.91 Å². The van der Waals surface area contributed by atoms with Crippen LogP contribution in [0.2, 0.25) is 0 Å². The molecule has 0 aliphatic carbocycles. The number of carbonyl (C=O) groups excluding carboxylic acids is 1. The molecule has 0 saturated carbocycles. The molecule has 25 heavy (non-hydrogen) atoms. The molecular formula is C22H23N2O+. The van der Waals surface area contributed by atoms with Crippen molar-refractivity contribution in [3.05, 3.63) is 90.8 Å². The highest BCUT2D eigenvalue weighted by Gasteiger charge is 2.25. The number of likely N-dealkylation sites (N-methyl/N-ethyl adjacent to an activating group) is 1. The standard InChI is InChI=1S/C22H23N2O/c1-18(22(25)23(2)16-19-10-5-3-6-11-19)24-15-9-14-21(17-24)20-12-7-4-8-13-20/h3-15,17-18H,16H2,1-2H3/q+1/t18-/m0/s1. The molecule has 0 bridgehead atoms. The zero-order valence-electron chi connectivity index (χ0n) is 14.7. The molecule has 0 N–H and O–H groups in total. The lowest BCUT2D eigenvalue weighted by molar-refractivity contribution is -0.706. The van der Waals surface area contributed by atoms with Crippen LogP contribution in [0, 0.1) is 0 Å². The van der Waals surface area contributed by atoms with Gasteiger partial charge in [0.1, 0.15) is 0 Å². The third-order valence-electron chi connectivity index (χ3n) is 4.37. The monoisotopic (exact) mass is 331 g/mol. The number of aromatic nitrogens is 1. The van der Waals surface area contributed by atoms with Gasteiger partial charge in [0.25, 0.3) is 5.91 Å². The summed E-state index contributed by atoms with van der Waals surface area (Å²) in [6.07, 6.45) is 3.99. The van der Waals surface area contributed by atoms with Crippen LogP contribution < -0.4 is 4.57 Å². The fraction of sp³-hybridized carbons (Fsp3) is 0.182. The Bertz CT molecular complexity index is 831. The lowest BCUT2D eigenvalue weighted by Gasteiger charge is -2.19. The largest absolute Gasteiger partial charge is 0.336 e. The Labute approximate surface area is 149 Å². The van der Waals surface area contributed by atoms with E-state index < -0.39 is 0 Å². The molecule has 0 radical (unpaired) electrons. The summed E-state index contributed by atoms with van der Waals surface area (Å²) in [6.45, 7) is 2.56. The first-order valence-electron chi connectivity index (χ1n) is 8.50. The van der Waals surface area contributed by atoms with Gasteiger partial charge in [0.2, 0.25) is 6.04 Å². The number of rotatable bonds is 5. The first-order valence-corrected chi connectivity index (χ1v) is 8.50. The van der Waals surface area contributed by atoms with Gasteiger partial charge in [-0.25, -0.2) is 0 Å². The Kier molecular flexibility index (Phi) is 5.24. The number of pyridine rings is 1. The van der Waals surface area contributed by atoms with Crippen molar-refractivity contribution in [2.45, 2.75) is 19.5 Å². The molecule has 3 aromatic rings. The van der Waals surface area contributed by atoms with Crippen LogP contribution in [0.15, 0.2) is 85.2 Å². The van der Waals surface area contributed by atoms with Crippen molar-refractivity contribution in [3.8, 4) is 11.1 Å². The minimum absolute atomic E-state index is 0.0964. The van der Waals surface area contributed by atoms with Gasteiger partial charge in [-0.15, -0.1) is 0 Å². The topological polar surface area (TPSA) is 24.2 Å². The maximum Gasteiger partial charge on any atom is 0.291 e. The van der Waals surface area contributed by atoms with E-state index in [1.165, 1.54) is 0 Å². The zero-order chi connectivity index (χ0) is 17.6. The van der Waals surface area contributed by atoms with Gasteiger partial charge in [-0.2, -0.15) is 4.57 Å². The predicted molar refractivity (Wildman–Crippen MR) is 99.7 cm³/mol. The molecule has 3 nitrogen and oxygen atoms in total. The second-order valence-electron chi connectivity index (χ2n) is 6.26. The third-order valence-corrected chi connectivity index (χ3v) is 4.37. The fourth-order valence-corrected chi connectivity index (χ4v) is 2.92. The van der Waals surface area contributed by atoms with E-state index in [0.717, 1.165) is 16.7 Å². The summed E-state index contributed by atoms with van der Waals surface area (Å²) in [5.41, 5.74) is 3.39. The highest BCUT2D eigenvalue weighted by molar-refractivity contribution is 5.78. The number of benzene rings is 2. The molecule has 1 atom stereocenters. The minimum atomic E-state index is -0.252. The fourth-order valence-electron chi connectivity index (χ4n) is 2.92. The molecule has 1 aromatic heterocycles. The molecule has 3 rings (SSSR count). The third kappa shape index (κ3) is 4.13. The molecular weight excluding hydrogens is 308 g/mol. The van der Waals surface area contributed by atoms with Crippen LogP contribution in [0.1, 0.15) is 18.5 Å². The molecule has 0 aliphatic heterocycles. The molecule has 126 valence electrons. The Morgan fingerprint density at radius 1 is 0.920 bits per heavy atom. The maximum atomic E-state index is 12.8. The molecule has 3 heteroatoms. The lowest BCUT2D eigenvalue weighted by Crippen LogP contribution is -2.46. The van der Waals surface area contributed by atoms with Gasteiger partial charge in [-0.05, 0) is 17.2 Å². The van der Waals surface area contributed by atoms with Gasteiger partial charge in [-0.1, -0.05) is 60.7 Å². The summed E-state index contributed by atoms with van der Waals surface area (Å²) in [5, 5.41) is 0. The second kappa shape index (κ2) is 7.75. The summed E-state index contributed by atoms with van der Waals surface area (Å²) < 4.78 is 1.98. The van der Waals surface area contributed by atoms with Crippen LogP contribution in [0.4, 0.5) is 0 Å². The van der Waals surface area contributed by atoms with Crippen molar-refractivity contribution in [3.63, 3.8) is 0 Å². The van der Waals surface area contributed by atoms with E-state index in [1.807, 2.05) is 85.5 Å². The first-order chi connectivity index (χ1) is 12.1. The quantitative estimate of drug-likeness (QED) is 0.651. The van der Waals surface area contributed by atoms with Crippen molar-refractivity contribution in [1.29, 1.82) is 0 Å². The highest BCUT2D eigenvalue weighted by atomic mass is 16.2. The smallest absolute Gasteiger partial charge is 0.291 e. The van der Waals surface area contributed by atoms with Crippen molar-refractivity contribution in [2.75, 3.05) is 7.05 Å². The molecule has 1 heterocycles. The van der Waals surface area contributed by atoms with Gasteiger partial charge < -0.3 is 4.90 Å². The van der Waals surface area contributed by atoms with E-state index in [1.54, 1.807) is 4.90 Å². The second-order valence-corrected chi connectivity index (χ2v) is 6.26. The van der Waals surface area contributed by atoms with Gasteiger partial charge in [0, 0.05) is 32.1 Å². The normalized spacial score (nSPS) is 11.8. The summed E-state index contributed by atoms with van der Waals surface area (Å²) in [4.78, 5) is 14.6. The van der Waals surface area contributed by atoms with E-state index in [-0.39, 0.29) is 11.9 Å². The van der Waals surface area contributed by atoms with Gasteiger partial charge >= 0.3 is 0 Å². The van der Waals surface area contributed by atoms with Crippen LogP contribution in [-0.4, -0.2) is 17.9 Å². The molecule has 0 aliphatic rings. The molecule has 0 saturated heterocycles. The number of carbonyl (C=O) groups is 1. The van der Waals surface area contributed by atoms with E-state index in [2.05, 4.69) is 18.2 Å². The van der Waals surface area contributed by atoms with Gasteiger partial charge in [-0.3, -0.25) is 4.79 Å². The summed E-state index contributed by atoms with van der Waals surface area (Å²) in [7, 11) is 1.85. The summed E-state index contributed by atoms with van der Waals surface area (Å²) in [5.74, 6) is 0.0964. The van der Waals surface area contributed by atoms with E-state index >= 15 is 0 Å². The highest BCUT2D eigenvalue weighted by Crippen LogP contribution is 2.17. The van der Waals surface area contributed by atoms with Crippen LogP contribution in [0.5, 0.6) is 0 Å². The number of amides is 1. The zero-order valence-corrected chi connectivity index (χ0v) is 14.7. The first kappa shape index (κ1) is 16.9. The van der Waals surface area contributed by atoms with Crippen LogP contribution in [-0.2, 0) is 11.3 Å². The molecule has 0 fully saturated rings. The van der Waals surface area contributed by atoms with E-state index in [4.69, 9.17) is 0 Å². The maximum absolute atomic E-state index is 12.8. The average Bonchev–Trinajstić information content (AvgIpc) is 2.68. The average molecular weight is 331 g/mol. The minimum Gasteiger partial charge on any atom is -0.336 e. The van der Waals surface area contributed by atoms with Gasteiger partial charge in [0.15, 0.2) is 12.4 Å². The SMILES string of the molecule is C[C@@H](C(=O)N(C)Cc1ccccc1)[n+]1cccc(-c2ccccc2)c1. The van der Waals surface area contributed by atoms with Crippen LogP contribution >= 0.6 is 0 Å².